The van der Waals surface area contributed by atoms with E-state index in [1.807, 2.05) is 12.2 Å². The fourth-order valence-corrected chi connectivity index (χ4v) is 2.87. The van der Waals surface area contributed by atoms with Gasteiger partial charge in [0, 0.05) is 13.2 Å². The van der Waals surface area contributed by atoms with E-state index < -0.39 is 8.56 Å². The summed E-state index contributed by atoms with van der Waals surface area (Å²) < 4.78 is 21.8. The van der Waals surface area contributed by atoms with Crippen molar-refractivity contribution in [3.63, 3.8) is 0 Å². The van der Waals surface area contributed by atoms with Gasteiger partial charge in [0.15, 0.2) is 0 Å². The van der Waals surface area contributed by atoms with Gasteiger partial charge < -0.3 is 18.3 Å². The zero-order valence-corrected chi connectivity index (χ0v) is 13.6. The minimum absolute atomic E-state index is 0.675. The van der Waals surface area contributed by atoms with E-state index in [2.05, 4.69) is 19.7 Å². The molecule has 0 aromatic carbocycles. The molecule has 0 aliphatic carbocycles. The topological polar surface area (TPSA) is 36.9 Å². The molecule has 0 aromatic heterocycles. The van der Waals surface area contributed by atoms with Crippen molar-refractivity contribution in [1.82, 2.24) is 0 Å². The van der Waals surface area contributed by atoms with Crippen LogP contribution >= 0.6 is 0 Å². The van der Waals surface area contributed by atoms with Crippen LogP contribution in [0.2, 0.25) is 6.55 Å². The maximum absolute atomic E-state index is 5.86. The second kappa shape index (κ2) is 13.0. The normalized spacial score (nSPS) is 10.8. The second-order valence-corrected chi connectivity index (χ2v) is 7.42. The van der Waals surface area contributed by atoms with Crippen molar-refractivity contribution in [2.24, 2.45) is 0 Å². The minimum atomic E-state index is -2.22. The molecule has 20 heavy (non-hydrogen) atoms. The van der Waals surface area contributed by atoms with Crippen LogP contribution in [-0.4, -0.2) is 35.0 Å². The summed E-state index contributed by atoms with van der Waals surface area (Å²) in [6, 6.07) is 0. The number of unbranched alkanes of at least 4 members (excludes halogenated alkanes) is 2. The first-order valence-corrected chi connectivity index (χ1v) is 9.44. The average Bonchev–Trinajstić information content (AvgIpc) is 2.46. The van der Waals surface area contributed by atoms with Crippen LogP contribution in [0.15, 0.2) is 38.0 Å². The monoisotopic (exact) mass is 300 g/mol. The maximum atomic E-state index is 5.86. The highest BCUT2D eigenvalue weighted by Crippen LogP contribution is 2.10. The second-order valence-electron chi connectivity index (χ2n) is 4.41. The number of hydrogen-bond acceptors (Lipinski definition) is 4. The molecule has 0 N–H and O–H groups in total. The molecule has 0 unspecified atom stereocenters. The summed E-state index contributed by atoms with van der Waals surface area (Å²) in [6.45, 7) is 15.6. The van der Waals surface area contributed by atoms with Crippen molar-refractivity contribution in [2.45, 2.75) is 32.2 Å². The summed E-state index contributed by atoms with van der Waals surface area (Å²) in [4.78, 5) is 0. The van der Waals surface area contributed by atoms with Gasteiger partial charge in [-0.25, -0.2) is 0 Å². The summed E-state index contributed by atoms with van der Waals surface area (Å²) in [7, 11) is -2.22. The van der Waals surface area contributed by atoms with E-state index >= 15 is 0 Å². The summed E-state index contributed by atoms with van der Waals surface area (Å²) in [5.74, 6) is 0. The van der Waals surface area contributed by atoms with Crippen LogP contribution in [0.25, 0.3) is 0 Å². The first-order chi connectivity index (χ1) is 9.68. The molecule has 4 nitrogen and oxygen atoms in total. The maximum Gasteiger partial charge on any atom is 0.361 e. The zero-order valence-electron chi connectivity index (χ0n) is 12.6. The highest BCUT2D eigenvalue weighted by molar-refractivity contribution is 6.71. The Labute approximate surface area is 124 Å². The molecule has 0 atom stereocenters. The van der Waals surface area contributed by atoms with Crippen molar-refractivity contribution < 1.29 is 18.3 Å². The van der Waals surface area contributed by atoms with E-state index in [0.717, 1.165) is 25.7 Å². The van der Waals surface area contributed by atoms with Gasteiger partial charge in [-0.2, -0.15) is 0 Å². The van der Waals surface area contributed by atoms with Gasteiger partial charge in [-0.15, -0.1) is 6.58 Å². The highest BCUT2D eigenvalue weighted by Gasteiger charge is 2.26. The first kappa shape index (κ1) is 19.0. The van der Waals surface area contributed by atoms with Crippen LogP contribution in [0.3, 0.4) is 0 Å². The van der Waals surface area contributed by atoms with Gasteiger partial charge in [0.05, 0.1) is 25.7 Å². The van der Waals surface area contributed by atoms with Gasteiger partial charge in [-0.05, 0) is 37.9 Å². The third-order valence-corrected chi connectivity index (χ3v) is 4.99. The van der Waals surface area contributed by atoms with Crippen LogP contribution in [0, 0.1) is 0 Å². The van der Waals surface area contributed by atoms with Gasteiger partial charge in [0.2, 0.25) is 0 Å². The van der Waals surface area contributed by atoms with Crippen LogP contribution < -0.4 is 0 Å². The fourth-order valence-electron chi connectivity index (χ4n) is 1.45. The van der Waals surface area contributed by atoms with E-state index in [9.17, 15) is 0 Å². The molecule has 0 bridgehead atoms. The molecule has 0 spiro atoms. The van der Waals surface area contributed by atoms with Crippen molar-refractivity contribution >= 4 is 8.56 Å². The lowest BCUT2D eigenvalue weighted by Crippen LogP contribution is -2.37. The Morgan fingerprint density at radius 1 is 0.750 bits per heavy atom. The Kier molecular flexibility index (Phi) is 12.3. The van der Waals surface area contributed by atoms with Crippen LogP contribution in [0.1, 0.15) is 25.7 Å². The number of ether oxygens (including phenoxy) is 2. The third-order valence-electron chi connectivity index (χ3n) is 2.70. The smallest absolute Gasteiger partial charge is 0.361 e. The molecule has 0 aliphatic rings. The van der Waals surface area contributed by atoms with E-state index in [-0.39, 0.29) is 0 Å². The number of hydrogen-bond donors (Lipinski definition) is 0. The Hall–Kier alpha value is -1.04. The fraction of sp³-hybridized carbons (Fsp3) is 0.600. The van der Waals surface area contributed by atoms with Crippen LogP contribution in [0.4, 0.5) is 0 Å². The number of rotatable bonds is 15. The molecule has 0 aromatic rings. The van der Waals surface area contributed by atoms with Gasteiger partial charge in [0.1, 0.15) is 0 Å². The molecular formula is C15H28O4Si. The minimum Gasteiger partial charge on any atom is -0.502 e. The molecule has 0 heterocycles. The quantitative estimate of drug-likeness (QED) is 0.262. The molecule has 5 heteroatoms. The Bertz CT molecular complexity index is 249. The van der Waals surface area contributed by atoms with E-state index in [0.29, 0.717) is 26.4 Å². The standard InChI is InChI=1S/C15H28O4Si/c1-5-16-12-8-10-14-18-20(4,7-3)19-15-11-9-13-17-6-2/h5-7H,1-3,8-15H2,4H3. The Morgan fingerprint density at radius 2 is 1.15 bits per heavy atom. The molecule has 0 radical (unpaired) electrons. The molecule has 0 saturated carbocycles. The van der Waals surface area contributed by atoms with E-state index in [4.69, 9.17) is 18.3 Å². The van der Waals surface area contributed by atoms with Crippen LogP contribution in [-0.2, 0) is 18.3 Å². The van der Waals surface area contributed by atoms with Crippen LogP contribution in [0.5, 0.6) is 0 Å². The summed E-state index contributed by atoms with van der Waals surface area (Å²) in [6.07, 6.45) is 6.71. The first-order valence-electron chi connectivity index (χ1n) is 7.05. The lowest BCUT2D eigenvalue weighted by atomic mass is 10.3. The van der Waals surface area contributed by atoms with E-state index in [1.54, 1.807) is 0 Å². The average molecular weight is 300 g/mol. The van der Waals surface area contributed by atoms with Crippen molar-refractivity contribution in [2.75, 3.05) is 26.4 Å². The third kappa shape index (κ3) is 10.8. The molecule has 0 aliphatic heterocycles. The largest absolute Gasteiger partial charge is 0.502 e. The lowest BCUT2D eigenvalue weighted by Gasteiger charge is -2.23. The predicted octanol–water partition coefficient (Wildman–Crippen LogP) is 3.70. The molecular weight excluding hydrogens is 272 g/mol. The lowest BCUT2D eigenvalue weighted by molar-refractivity contribution is 0.164. The Morgan fingerprint density at radius 3 is 1.50 bits per heavy atom. The molecule has 116 valence electrons. The SMILES string of the molecule is C=COCCCCO[Si](C)(C=C)OCCCCOC=C. The molecule has 0 rings (SSSR count). The summed E-state index contributed by atoms with van der Waals surface area (Å²) in [5, 5.41) is 0. The van der Waals surface area contributed by atoms with Gasteiger partial charge in [0.25, 0.3) is 0 Å². The zero-order chi connectivity index (χ0) is 15.1. The summed E-state index contributed by atoms with van der Waals surface area (Å²) >= 11 is 0. The molecule has 0 saturated heterocycles. The van der Waals surface area contributed by atoms with Crippen molar-refractivity contribution in [1.29, 1.82) is 0 Å². The van der Waals surface area contributed by atoms with Crippen molar-refractivity contribution in [3.05, 3.63) is 38.0 Å². The van der Waals surface area contributed by atoms with Gasteiger partial charge in [-0.3, -0.25) is 0 Å². The molecule has 0 amide bonds. The van der Waals surface area contributed by atoms with Gasteiger partial charge >= 0.3 is 8.56 Å². The summed E-state index contributed by atoms with van der Waals surface area (Å²) in [5.41, 5.74) is 1.83. The van der Waals surface area contributed by atoms with E-state index in [1.165, 1.54) is 12.5 Å². The van der Waals surface area contributed by atoms with Crippen molar-refractivity contribution in [3.8, 4) is 0 Å². The highest BCUT2D eigenvalue weighted by atomic mass is 28.4. The molecule has 0 fully saturated rings. The Balaban J connectivity index is 3.64. The predicted molar refractivity (Wildman–Crippen MR) is 84.5 cm³/mol. The van der Waals surface area contributed by atoms with Gasteiger partial charge in [-0.1, -0.05) is 13.2 Å².